The monoisotopic (exact) mass is 276 g/mol. The molecule has 0 bridgehead atoms. The average molecular weight is 276 g/mol. The Morgan fingerprint density at radius 3 is 2.85 bits per heavy atom. The molecule has 2 rings (SSSR count). The predicted molar refractivity (Wildman–Crippen MR) is 76.8 cm³/mol. The van der Waals surface area contributed by atoms with Gasteiger partial charge in [0.2, 0.25) is 5.91 Å². The lowest BCUT2D eigenvalue weighted by Crippen LogP contribution is -2.46. The summed E-state index contributed by atoms with van der Waals surface area (Å²) in [7, 11) is 1.70. The number of anilines is 1. The van der Waals surface area contributed by atoms with Crippen molar-refractivity contribution < 1.29 is 14.3 Å². The van der Waals surface area contributed by atoms with Crippen molar-refractivity contribution >= 4 is 17.5 Å². The first-order chi connectivity index (χ1) is 9.52. The van der Waals surface area contributed by atoms with E-state index >= 15 is 0 Å². The molecule has 5 heteroatoms. The molecule has 0 fully saturated rings. The number of carbonyl (C=O) groups excluding carboxylic acids is 2. The third-order valence-corrected chi connectivity index (χ3v) is 3.49. The number of hydrogen-bond donors (Lipinski definition) is 1. The Labute approximate surface area is 118 Å². The summed E-state index contributed by atoms with van der Waals surface area (Å²) in [5.41, 5.74) is 0.732. The highest BCUT2D eigenvalue weighted by atomic mass is 16.5. The predicted octanol–water partition coefficient (Wildman–Crippen LogP) is 1.72. The molecule has 5 nitrogen and oxygen atoms in total. The molecule has 0 spiro atoms. The van der Waals surface area contributed by atoms with Gasteiger partial charge >= 0.3 is 0 Å². The van der Waals surface area contributed by atoms with Crippen molar-refractivity contribution in [3.63, 3.8) is 0 Å². The van der Waals surface area contributed by atoms with Crippen molar-refractivity contribution in [2.45, 2.75) is 38.8 Å². The lowest BCUT2D eigenvalue weighted by Gasteiger charge is -2.31. The van der Waals surface area contributed by atoms with E-state index in [4.69, 9.17) is 4.74 Å². The molecule has 1 aliphatic heterocycles. The second kappa shape index (κ2) is 5.94. The van der Waals surface area contributed by atoms with Gasteiger partial charge in [0, 0.05) is 13.1 Å². The molecule has 0 saturated carbocycles. The number of rotatable bonds is 4. The summed E-state index contributed by atoms with van der Waals surface area (Å²) in [6, 6.07) is 7.42. The number of hydrogen-bond acceptors (Lipinski definition) is 3. The first kappa shape index (κ1) is 14.4. The molecular formula is C15H20N2O3. The van der Waals surface area contributed by atoms with Crippen molar-refractivity contribution in [1.82, 2.24) is 5.32 Å². The van der Waals surface area contributed by atoms with Crippen LogP contribution in [0.3, 0.4) is 0 Å². The van der Waals surface area contributed by atoms with Crippen LogP contribution >= 0.6 is 0 Å². The molecular weight excluding hydrogens is 256 g/mol. The lowest BCUT2D eigenvalue weighted by molar-refractivity contribution is -0.132. The fourth-order valence-corrected chi connectivity index (χ4v) is 2.11. The van der Waals surface area contributed by atoms with Crippen LogP contribution in [0, 0.1) is 0 Å². The molecule has 108 valence electrons. The van der Waals surface area contributed by atoms with Crippen molar-refractivity contribution in [1.29, 1.82) is 0 Å². The summed E-state index contributed by atoms with van der Waals surface area (Å²) in [5.74, 6) is 0.282. The van der Waals surface area contributed by atoms with Gasteiger partial charge in [-0.25, -0.2) is 0 Å². The second-order valence-corrected chi connectivity index (χ2v) is 5.05. The topological polar surface area (TPSA) is 58.6 Å². The third kappa shape index (κ3) is 2.92. The number of nitrogens with one attached hydrogen (secondary N) is 1. The van der Waals surface area contributed by atoms with Gasteiger partial charge in [0.05, 0.1) is 12.1 Å². The van der Waals surface area contributed by atoms with E-state index in [1.54, 1.807) is 18.0 Å². The van der Waals surface area contributed by atoms with Crippen LogP contribution in [0.5, 0.6) is 5.75 Å². The number of likely N-dealkylation sites (N-methyl/N-ethyl adjacent to an activating group) is 1. The molecule has 0 aromatic heterocycles. The molecule has 0 radical (unpaired) electrons. The summed E-state index contributed by atoms with van der Waals surface area (Å²) >= 11 is 0. The first-order valence-electron chi connectivity index (χ1n) is 6.85. The molecule has 2 unspecified atom stereocenters. The van der Waals surface area contributed by atoms with Crippen LogP contribution in [-0.4, -0.2) is 31.0 Å². The Morgan fingerprint density at radius 1 is 1.45 bits per heavy atom. The smallest absolute Gasteiger partial charge is 0.268 e. The van der Waals surface area contributed by atoms with Crippen molar-refractivity contribution in [2.24, 2.45) is 0 Å². The molecule has 1 aromatic rings. The maximum Gasteiger partial charge on any atom is 0.268 e. The lowest BCUT2D eigenvalue weighted by atomic mass is 10.1. The quantitative estimate of drug-likeness (QED) is 0.911. The summed E-state index contributed by atoms with van der Waals surface area (Å²) in [6.45, 7) is 3.93. The molecule has 1 heterocycles. The van der Waals surface area contributed by atoms with Crippen LogP contribution in [0.4, 0.5) is 5.69 Å². The molecule has 2 amide bonds. The van der Waals surface area contributed by atoms with Crippen LogP contribution < -0.4 is 15.0 Å². The van der Waals surface area contributed by atoms with Crippen molar-refractivity contribution in [2.75, 3.05) is 11.9 Å². The minimum Gasteiger partial charge on any atom is -0.478 e. The third-order valence-electron chi connectivity index (χ3n) is 3.49. The molecule has 20 heavy (non-hydrogen) atoms. The summed E-state index contributed by atoms with van der Waals surface area (Å²) < 4.78 is 5.65. The number of para-hydroxylation sites is 2. The Bertz CT molecular complexity index is 516. The molecule has 1 aromatic carbocycles. The van der Waals surface area contributed by atoms with Crippen molar-refractivity contribution in [3.8, 4) is 5.75 Å². The van der Waals surface area contributed by atoms with Gasteiger partial charge < -0.3 is 15.0 Å². The molecule has 1 aliphatic rings. The number of benzene rings is 1. The van der Waals surface area contributed by atoms with Gasteiger partial charge in [-0.15, -0.1) is 0 Å². The van der Waals surface area contributed by atoms with Gasteiger partial charge in [-0.3, -0.25) is 9.59 Å². The highest BCUT2D eigenvalue weighted by Gasteiger charge is 2.33. The molecule has 1 N–H and O–H groups in total. The summed E-state index contributed by atoms with van der Waals surface area (Å²) in [5, 5.41) is 2.85. The number of nitrogens with zero attached hydrogens (tertiary/aromatic N) is 1. The fourth-order valence-electron chi connectivity index (χ4n) is 2.11. The molecule has 2 atom stereocenters. The number of fused-ring (bicyclic) bond motifs is 1. The van der Waals surface area contributed by atoms with E-state index in [-0.39, 0.29) is 24.3 Å². The van der Waals surface area contributed by atoms with E-state index in [1.807, 2.05) is 32.0 Å². The molecule has 0 saturated heterocycles. The largest absolute Gasteiger partial charge is 0.478 e. The van der Waals surface area contributed by atoms with Crippen molar-refractivity contribution in [3.05, 3.63) is 24.3 Å². The number of amides is 2. The zero-order valence-corrected chi connectivity index (χ0v) is 12.1. The highest BCUT2D eigenvalue weighted by Crippen LogP contribution is 2.33. The zero-order valence-electron chi connectivity index (χ0n) is 12.1. The fraction of sp³-hybridized carbons (Fsp3) is 0.467. The molecule has 0 aliphatic carbocycles. The Hall–Kier alpha value is -2.04. The van der Waals surface area contributed by atoms with Crippen LogP contribution in [0.15, 0.2) is 24.3 Å². The minimum atomic E-state index is -0.751. The number of ether oxygens (including phenoxy) is 1. The summed E-state index contributed by atoms with van der Waals surface area (Å²) in [4.78, 5) is 25.6. The van der Waals surface area contributed by atoms with Gasteiger partial charge in [-0.2, -0.15) is 0 Å². The van der Waals surface area contributed by atoms with Crippen LogP contribution in [0.2, 0.25) is 0 Å². The standard InChI is InChI=1S/C15H20N2O3/c1-4-10(2)16-14(18)9-13-15(19)17(3)11-7-5-6-8-12(11)20-13/h5-8,10,13H,4,9H2,1-3H3,(H,16,18). The second-order valence-electron chi connectivity index (χ2n) is 5.05. The SMILES string of the molecule is CCC(C)NC(=O)CC1Oc2ccccc2N(C)C1=O. The van der Waals surface area contributed by atoms with E-state index in [2.05, 4.69) is 5.32 Å². The van der Waals surface area contributed by atoms with E-state index in [1.165, 1.54) is 0 Å². The Morgan fingerprint density at radius 2 is 2.15 bits per heavy atom. The van der Waals surface area contributed by atoms with Gasteiger partial charge in [-0.1, -0.05) is 19.1 Å². The zero-order chi connectivity index (χ0) is 14.7. The Kier molecular flexibility index (Phi) is 4.27. The average Bonchev–Trinajstić information content (AvgIpc) is 2.44. The first-order valence-corrected chi connectivity index (χ1v) is 6.85. The van der Waals surface area contributed by atoms with E-state index in [0.29, 0.717) is 5.75 Å². The number of carbonyl (C=O) groups is 2. The van der Waals surface area contributed by atoms with E-state index < -0.39 is 6.10 Å². The summed E-state index contributed by atoms with van der Waals surface area (Å²) in [6.07, 6.45) is 0.148. The Balaban J connectivity index is 2.07. The van der Waals surface area contributed by atoms with Gasteiger partial charge in [-0.05, 0) is 25.5 Å². The van der Waals surface area contributed by atoms with E-state index in [9.17, 15) is 9.59 Å². The highest BCUT2D eigenvalue weighted by molar-refractivity contribution is 6.01. The maximum absolute atomic E-state index is 12.2. The van der Waals surface area contributed by atoms with Gasteiger partial charge in [0.25, 0.3) is 5.91 Å². The van der Waals surface area contributed by atoms with Crippen LogP contribution in [0.1, 0.15) is 26.7 Å². The minimum absolute atomic E-state index is 0.0435. The normalized spacial score (nSPS) is 19.1. The van der Waals surface area contributed by atoms with E-state index in [0.717, 1.165) is 12.1 Å². The van der Waals surface area contributed by atoms with Gasteiger partial charge in [0.15, 0.2) is 6.10 Å². The van der Waals surface area contributed by atoms with Crippen LogP contribution in [-0.2, 0) is 9.59 Å². The van der Waals surface area contributed by atoms with Gasteiger partial charge in [0.1, 0.15) is 5.75 Å². The maximum atomic E-state index is 12.2. The van der Waals surface area contributed by atoms with Crippen LogP contribution in [0.25, 0.3) is 0 Å².